The average molecular weight is 302 g/mol. The largest absolute Gasteiger partial charge is 0.381 e. The maximum absolute atomic E-state index is 11.9. The van der Waals surface area contributed by atoms with Crippen LogP contribution in [0.25, 0.3) is 11.5 Å². The van der Waals surface area contributed by atoms with Gasteiger partial charge in [-0.05, 0) is 18.8 Å². The number of aromatic amines is 1. The zero-order valence-corrected chi connectivity index (χ0v) is 12.2. The Morgan fingerprint density at radius 3 is 3.18 bits per heavy atom. The molecule has 2 aromatic heterocycles. The number of aromatic nitrogens is 5. The second kappa shape index (κ2) is 7.08. The third-order valence-corrected chi connectivity index (χ3v) is 3.51. The first-order chi connectivity index (χ1) is 10.8. The van der Waals surface area contributed by atoms with E-state index in [2.05, 4.69) is 30.5 Å². The topological polar surface area (TPSA) is 106 Å². The Morgan fingerprint density at radius 1 is 1.45 bits per heavy atom. The first kappa shape index (κ1) is 14.6. The van der Waals surface area contributed by atoms with E-state index in [0.29, 0.717) is 42.8 Å². The Hall–Kier alpha value is -2.35. The number of H-pyrrole nitrogens is 1. The standard InChI is InChI=1S/C14H18N6O2/c21-13(6-10-2-1-5-22-9-10)17-8-12-18-14(20-19-12)11-7-15-3-4-16-11/h3-4,7,10H,1-2,5-6,8-9H2,(H,17,21)(H,18,19,20). The first-order valence-electron chi connectivity index (χ1n) is 7.33. The second-order valence-corrected chi connectivity index (χ2v) is 5.26. The fourth-order valence-electron chi connectivity index (χ4n) is 2.39. The lowest BCUT2D eigenvalue weighted by molar-refractivity contribution is -0.123. The van der Waals surface area contributed by atoms with Crippen molar-refractivity contribution >= 4 is 5.91 Å². The number of hydrogen-bond acceptors (Lipinski definition) is 6. The summed E-state index contributed by atoms with van der Waals surface area (Å²) >= 11 is 0. The van der Waals surface area contributed by atoms with Gasteiger partial charge >= 0.3 is 0 Å². The summed E-state index contributed by atoms with van der Waals surface area (Å²) in [6.45, 7) is 1.80. The van der Waals surface area contributed by atoms with Crippen LogP contribution in [0.3, 0.4) is 0 Å². The monoisotopic (exact) mass is 302 g/mol. The maximum atomic E-state index is 11.9. The van der Waals surface area contributed by atoms with Crippen molar-refractivity contribution < 1.29 is 9.53 Å². The van der Waals surface area contributed by atoms with Crippen LogP contribution in [0, 0.1) is 5.92 Å². The van der Waals surface area contributed by atoms with E-state index in [1.54, 1.807) is 18.6 Å². The van der Waals surface area contributed by atoms with Gasteiger partial charge in [0.2, 0.25) is 11.7 Å². The molecule has 0 aliphatic carbocycles. The fourth-order valence-corrected chi connectivity index (χ4v) is 2.39. The van der Waals surface area contributed by atoms with Crippen LogP contribution >= 0.6 is 0 Å². The molecule has 1 saturated heterocycles. The van der Waals surface area contributed by atoms with Crippen molar-refractivity contribution in [3.05, 3.63) is 24.4 Å². The van der Waals surface area contributed by atoms with Crippen molar-refractivity contribution in [1.82, 2.24) is 30.5 Å². The molecule has 0 saturated carbocycles. The van der Waals surface area contributed by atoms with Crippen LogP contribution in [0.5, 0.6) is 0 Å². The van der Waals surface area contributed by atoms with Gasteiger partial charge in [0.25, 0.3) is 0 Å². The Morgan fingerprint density at radius 2 is 2.41 bits per heavy atom. The molecule has 2 aromatic rings. The van der Waals surface area contributed by atoms with Crippen LogP contribution in [0.2, 0.25) is 0 Å². The lowest BCUT2D eigenvalue weighted by Crippen LogP contribution is -2.28. The Balaban J connectivity index is 1.49. The van der Waals surface area contributed by atoms with Crippen molar-refractivity contribution in [2.24, 2.45) is 5.92 Å². The molecule has 0 radical (unpaired) electrons. The van der Waals surface area contributed by atoms with E-state index in [1.165, 1.54) is 0 Å². The number of amides is 1. The molecule has 0 aromatic carbocycles. The molecule has 116 valence electrons. The van der Waals surface area contributed by atoms with Crippen molar-refractivity contribution in [1.29, 1.82) is 0 Å². The zero-order chi connectivity index (χ0) is 15.2. The van der Waals surface area contributed by atoms with Crippen molar-refractivity contribution in [2.45, 2.75) is 25.8 Å². The van der Waals surface area contributed by atoms with Gasteiger partial charge in [0.15, 0.2) is 0 Å². The van der Waals surface area contributed by atoms with Gasteiger partial charge in [0, 0.05) is 32.0 Å². The van der Waals surface area contributed by atoms with Gasteiger partial charge in [0.1, 0.15) is 11.5 Å². The van der Waals surface area contributed by atoms with E-state index in [1.807, 2.05) is 0 Å². The van der Waals surface area contributed by atoms with Gasteiger partial charge in [-0.15, -0.1) is 0 Å². The summed E-state index contributed by atoms with van der Waals surface area (Å²) in [5.41, 5.74) is 0.593. The molecule has 1 aliphatic rings. The fraction of sp³-hybridized carbons (Fsp3) is 0.500. The van der Waals surface area contributed by atoms with Gasteiger partial charge in [-0.3, -0.25) is 14.9 Å². The quantitative estimate of drug-likeness (QED) is 0.842. The molecular weight excluding hydrogens is 284 g/mol. The number of rotatable bonds is 5. The summed E-state index contributed by atoms with van der Waals surface area (Å²) in [6.07, 6.45) is 7.33. The van der Waals surface area contributed by atoms with Gasteiger partial charge < -0.3 is 10.1 Å². The molecule has 0 bridgehead atoms. The minimum atomic E-state index is 0.00736. The number of nitrogens with one attached hydrogen (secondary N) is 2. The minimum absolute atomic E-state index is 0.00736. The van der Waals surface area contributed by atoms with Crippen LogP contribution in [0.4, 0.5) is 0 Å². The van der Waals surface area contributed by atoms with Crippen molar-refractivity contribution in [3.8, 4) is 11.5 Å². The summed E-state index contributed by atoms with van der Waals surface area (Å²) in [6, 6.07) is 0. The predicted molar refractivity (Wildman–Crippen MR) is 77.4 cm³/mol. The van der Waals surface area contributed by atoms with E-state index in [0.717, 1.165) is 19.4 Å². The molecule has 3 rings (SSSR count). The number of carbonyl (C=O) groups excluding carboxylic acids is 1. The van der Waals surface area contributed by atoms with Crippen LogP contribution in [-0.4, -0.2) is 44.3 Å². The molecule has 8 heteroatoms. The Kier molecular flexibility index (Phi) is 4.69. The predicted octanol–water partition coefficient (Wildman–Crippen LogP) is 0.695. The van der Waals surface area contributed by atoms with Gasteiger partial charge in [-0.2, -0.15) is 5.10 Å². The first-order valence-corrected chi connectivity index (χ1v) is 7.33. The third kappa shape index (κ3) is 3.85. The molecule has 22 heavy (non-hydrogen) atoms. The average Bonchev–Trinajstić information content (AvgIpc) is 3.04. The molecule has 1 fully saturated rings. The molecule has 1 atom stereocenters. The molecule has 3 heterocycles. The van der Waals surface area contributed by atoms with E-state index in [9.17, 15) is 4.79 Å². The Labute approximate surface area is 127 Å². The summed E-state index contributed by atoms with van der Waals surface area (Å²) in [5, 5.41) is 9.71. The van der Waals surface area contributed by atoms with Gasteiger partial charge in [-0.25, -0.2) is 9.97 Å². The SMILES string of the molecule is O=C(CC1CCCOC1)NCc1nc(-c2cnccn2)n[nH]1. The lowest BCUT2D eigenvalue weighted by Gasteiger charge is -2.21. The molecular formula is C14H18N6O2. The Bertz CT molecular complexity index is 609. The number of carbonyl (C=O) groups is 1. The highest BCUT2D eigenvalue weighted by Gasteiger charge is 2.17. The highest BCUT2D eigenvalue weighted by atomic mass is 16.5. The molecule has 1 amide bonds. The summed E-state index contributed by atoms with van der Waals surface area (Å²) in [5.74, 6) is 1.39. The highest BCUT2D eigenvalue weighted by Crippen LogP contribution is 2.16. The van der Waals surface area contributed by atoms with E-state index < -0.39 is 0 Å². The highest BCUT2D eigenvalue weighted by molar-refractivity contribution is 5.76. The summed E-state index contributed by atoms with van der Waals surface area (Å²) in [7, 11) is 0. The minimum Gasteiger partial charge on any atom is -0.381 e. The smallest absolute Gasteiger partial charge is 0.220 e. The van der Waals surface area contributed by atoms with Gasteiger partial charge in [-0.1, -0.05) is 0 Å². The van der Waals surface area contributed by atoms with Crippen molar-refractivity contribution in [3.63, 3.8) is 0 Å². The van der Waals surface area contributed by atoms with Crippen LogP contribution in [0.1, 0.15) is 25.1 Å². The summed E-state index contributed by atoms with van der Waals surface area (Å²) < 4.78 is 5.38. The number of ether oxygens (including phenoxy) is 1. The van der Waals surface area contributed by atoms with E-state index in [-0.39, 0.29) is 5.91 Å². The lowest BCUT2D eigenvalue weighted by atomic mass is 9.98. The van der Waals surface area contributed by atoms with E-state index >= 15 is 0 Å². The van der Waals surface area contributed by atoms with Crippen LogP contribution in [0.15, 0.2) is 18.6 Å². The van der Waals surface area contributed by atoms with Gasteiger partial charge in [0.05, 0.1) is 12.7 Å². The molecule has 2 N–H and O–H groups in total. The zero-order valence-electron chi connectivity index (χ0n) is 12.2. The van der Waals surface area contributed by atoms with E-state index in [4.69, 9.17) is 4.74 Å². The number of hydrogen-bond donors (Lipinski definition) is 2. The molecule has 1 unspecified atom stereocenters. The normalized spacial score (nSPS) is 18.1. The molecule has 0 spiro atoms. The third-order valence-electron chi connectivity index (χ3n) is 3.51. The van der Waals surface area contributed by atoms with Crippen molar-refractivity contribution in [2.75, 3.05) is 13.2 Å². The van der Waals surface area contributed by atoms with Crippen LogP contribution in [-0.2, 0) is 16.1 Å². The molecule has 8 nitrogen and oxygen atoms in total. The summed E-state index contributed by atoms with van der Waals surface area (Å²) in [4.78, 5) is 24.3. The molecule has 1 aliphatic heterocycles. The second-order valence-electron chi connectivity index (χ2n) is 5.26. The number of nitrogens with zero attached hydrogens (tertiary/aromatic N) is 4. The van der Waals surface area contributed by atoms with Crippen LogP contribution < -0.4 is 5.32 Å². The maximum Gasteiger partial charge on any atom is 0.220 e.